The van der Waals surface area contributed by atoms with Gasteiger partial charge >= 0.3 is 0 Å². The normalized spacial score (nSPS) is 9.19. The highest BCUT2D eigenvalue weighted by Gasteiger charge is 2.03. The van der Waals surface area contributed by atoms with Crippen molar-refractivity contribution in [3.63, 3.8) is 0 Å². The number of rotatable bonds is 2. The van der Waals surface area contributed by atoms with Gasteiger partial charge in [0.1, 0.15) is 5.82 Å². The van der Waals surface area contributed by atoms with E-state index in [2.05, 4.69) is 17.2 Å². The predicted molar refractivity (Wildman–Crippen MR) is 61.3 cm³/mol. The third kappa shape index (κ3) is 3.37. The first kappa shape index (κ1) is 12.2. The monoisotopic (exact) mass is 220 g/mol. The molecule has 3 N–H and O–H groups in total. The largest absolute Gasteiger partial charge is 0.326 e. The fraction of sp³-hybridized carbons (Fsp3) is 0.250. The predicted octanol–water partition coefficient (Wildman–Crippen LogP) is 1.48. The van der Waals surface area contributed by atoms with Gasteiger partial charge in [0.05, 0.1) is 12.1 Å². The number of carbonyl (C=O) groups is 1. The number of hydrogen-bond acceptors (Lipinski definition) is 2. The van der Waals surface area contributed by atoms with Gasteiger partial charge < -0.3 is 11.1 Å². The summed E-state index contributed by atoms with van der Waals surface area (Å²) in [6.45, 7) is 1.92. The highest BCUT2D eigenvalue weighted by Crippen LogP contribution is 2.14. The van der Waals surface area contributed by atoms with Gasteiger partial charge in [0.2, 0.25) is 5.91 Å². The highest BCUT2D eigenvalue weighted by atomic mass is 19.1. The van der Waals surface area contributed by atoms with E-state index < -0.39 is 5.82 Å². The van der Waals surface area contributed by atoms with Gasteiger partial charge in [-0.3, -0.25) is 4.79 Å². The Morgan fingerprint density at radius 2 is 2.31 bits per heavy atom. The molecule has 1 aromatic rings. The number of amides is 1. The Morgan fingerprint density at radius 3 is 2.94 bits per heavy atom. The lowest BCUT2D eigenvalue weighted by Crippen LogP contribution is -2.09. The average molecular weight is 220 g/mol. The number of carbonyl (C=O) groups excluding carboxylic acids is 1. The van der Waals surface area contributed by atoms with Gasteiger partial charge in [-0.15, -0.1) is 0 Å². The molecule has 0 aliphatic rings. The van der Waals surface area contributed by atoms with E-state index in [1.165, 1.54) is 18.2 Å². The minimum atomic E-state index is -0.421. The molecule has 0 bridgehead atoms. The SMILES string of the molecule is CCC(=O)Nc1ccc(F)c(C#CCN)c1. The summed E-state index contributed by atoms with van der Waals surface area (Å²) in [6.07, 6.45) is 0.376. The van der Waals surface area contributed by atoms with Crippen molar-refractivity contribution in [3.05, 3.63) is 29.6 Å². The second-order valence-corrected chi connectivity index (χ2v) is 3.10. The molecule has 0 aromatic heterocycles. The molecule has 0 saturated heterocycles. The summed E-state index contributed by atoms with van der Waals surface area (Å²) in [7, 11) is 0. The molecule has 1 rings (SSSR count). The van der Waals surface area contributed by atoms with Crippen LogP contribution in [0.15, 0.2) is 18.2 Å². The molecule has 0 aliphatic heterocycles. The van der Waals surface area contributed by atoms with E-state index in [-0.39, 0.29) is 18.0 Å². The summed E-state index contributed by atoms with van der Waals surface area (Å²) in [5, 5.41) is 2.63. The zero-order valence-corrected chi connectivity index (χ0v) is 9.01. The molecular formula is C12H13FN2O. The highest BCUT2D eigenvalue weighted by molar-refractivity contribution is 5.90. The van der Waals surface area contributed by atoms with Crippen molar-refractivity contribution in [3.8, 4) is 11.8 Å². The molecule has 0 fully saturated rings. The Morgan fingerprint density at radius 1 is 1.56 bits per heavy atom. The first-order valence-electron chi connectivity index (χ1n) is 4.95. The van der Waals surface area contributed by atoms with E-state index in [1.807, 2.05) is 0 Å². The van der Waals surface area contributed by atoms with Crippen LogP contribution in [0.25, 0.3) is 0 Å². The van der Waals surface area contributed by atoms with Crippen molar-refractivity contribution in [2.24, 2.45) is 5.73 Å². The standard InChI is InChI=1S/C12H13FN2O/c1-2-12(16)15-10-5-6-11(13)9(8-10)4-3-7-14/h5-6,8H,2,7,14H2,1H3,(H,15,16). The van der Waals surface area contributed by atoms with Crippen LogP contribution in [0, 0.1) is 17.7 Å². The first-order valence-corrected chi connectivity index (χ1v) is 4.95. The summed E-state index contributed by atoms with van der Waals surface area (Å²) in [4.78, 5) is 11.1. The summed E-state index contributed by atoms with van der Waals surface area (Å²) in [5.74, 6) is 4.63. The number of nitrogens with one attached hydrogen (secondary N) is 1. The van der Waals surface area contributed by atoms with Gasteiger partial charge in [-0.25, -0.2) is 4.39 Å². The second-order valence-electron chi connectivity index (χ2n) is 3.10. The molecule has 0 heterocycles. The summed E-state index contributed by atoms with van der Waals surface area (Å²) >= 11 is 0. The van der Waals surface area contributed by atoms with Crippen LogP contribution in [0.1, 0.15) is 18.9 Å². The van der Waals surface area contributed by atoms with Crippen LogP contribution in [0.5, 0.6) is 0 Å². The Bertz CT molecular complexity index is 446. The maximum absolute atomic E-state index is 13.3. The fourth-order valence-electron chi connectivity index (χ4n) is 1.09. The van der Waals surface area contributed by atoms with Crippen molar-refractivity contribution in [2.75, 3.05) is 11.9 Å². The average Bonchev–Trinajstić information content (AvgIpc) is 2.29. The minimum Gasteiger partial charge on any atom is -0.326 e. The van der Waals surface area contributed by atoms with E-state index in [4.69, 9.17) is 5.73 Å². The molecule has 3 nitrogen and oxygen atoms in total. The fourth-order valence-corrected chi connectivity index (χ4v) is 1.09. The number of anilines is 1. The van der Waals surface area contributed by atoms with Gasteiger partial charge in [-0.1, -0.05) is 18.8 Å². The molecule has 4 heteroatoms. The maximum Gasteiger partial charge on any atom is 0.224 e. The zero-order valence-electron chi connectivity index (χ0n) is 9.01. The number of benzene rings is 1. The summed E-state index contributed by atoms with van der Waals surface area (Å²) in [5.41, 5.74) is 5.97. The maximum atomic E-state index is 13.3. The Labute approximate surface area is 93.8 Å². The van der Waals surface area contributed by atoms with Crippen LogP contribution < -0.4 is 11.1 Å². The van der Waals surface area contributed by atoms with Crippen molar-refractivity contribution < 1.29 is 9.18 Å². The second kappa shape index (κ2) is 5.89. The van der Waals surface area contributed by atoms with Gasteiger partial charge in [-0.05, 0) is 18.2 Å². The molecule has 0 unspecified atom stereocenters. The third-order valence-corrected chi connectivity index (χ3v) is 1.90. The Hall–Kier alpha value is -1.86. The van der Waals surface area contributed by atoms with Crippen LogP contribution in [0.3, 0.4) is 0 Å². The quantitative estimate of drug-likeness (QED) is 0.742. The molecule has 84 valence electrons. The molecule has 0 aliphatic carbocycles. The lowest BCUT2D eigenvalue weighted by atomic mass is 10.2. The Balaban J connectivity index is 2.93. The molecule has 0 spiro atoms. The summed E-state index contributed by atoms with van der Waals surface area (Å²) in [6, 6.07) is 4.26. The molecule has 0 atom stereocenters. The lowest BCUT2D eigenvalue weighted by molar-refractivity contribution is -0.115. The topological polar surface area (TPSA) is 55.1 Å². The van der Waals surface area contributed by atoms with Crippen LogP contribution in [-0.2, 0) is 4.79 Å². The van der Waals surface area contributed by atoms with Crippen LogP contribution >= 0.6 is 0 Å². The van der Waals surface area contributed by atoms with Gasteiger partial charge in [0.25, 0.3) is 0 Å². The smallest absolute Gasteiger partial charge is 0.224 e. The molecule has 1 aromatic carbocycles. The number of hydrogen-bond donors (Lipinski definition) is 2. The third-order valence-electron chi connectivity index (χ3n) is 1.90. The first-order chi connectivity index (χ1) is 7.67. The van der Waals surface area contributed by atoms with Crippen LogP contribution in [-0.4, -0.2) is 12.5 Å². The molecule has 0 radical (unpaired) electrons. The number of nitrogens with two attached hydrogens (primary N) is 1. The van der Waals surface area contributed by atoms with Crippen LogP contribution in [0.2, 0.25) is 0 Å². The van der Waals surface area contributed by atoms with Gasteiger partial charge in [0, 0.05) is 12.1 Å². The van der Waals surface area contributed by atoms with E-state index in [9.17, 15) is 9.18 Å². The van der Waals surface area contributed by atoms with Crippen molar-refractivity contribution in [1.29, 1.82) is 0 Å². The van der Waals surface area contributed by atoms with Gasteiger partial charge in [0.15, 0.2) is 0 Å². The van der Waals surface area contributed by atoms with Crippen molar-refractivity contribution >= 4 is 11.6 Å². The molecule has 16 heavy (non-hydrogen) atoms. The van der Waals surface area contributed by atoms with Gasteiger partial charge in [-0.2, -0.15) is 0 Å². The molecule has 0 saturated carbocycles. The molecule has 1 amide bonds. The lowest BCUT2D eigenvalue weighted by Gasteiger charge is -2.04. The summed E-state index contributed by atoms with van der Waals surface area (Å²) < 4.78 is 13.3. The minimum absolute atomic E-state index is 0.121. The van der Waals surface area contributed by atoms with Crippen LogP contribution in [0.4, 0.5) is 10.1 Å². The molecular weight excluding hydrogens is 207 g/mol. The van der Waals surface area contributed by atoms with E-state index in [0.29, 0.717) is 12.1 Å². The van der Waals surface area contributed by atoms with Crippen molar-refractivity contribution in [1.82, 2.24) is 0 Å². The zero-order chi connectivity index (χ0) is 12.0. The van der Waals surface area contributed by atoms with E-state index in [0.717, 1.165) is 0 Å². The Kier molecular flexibility index (Phi) is 4.49. The van der Waals surface area contributed by atoms with Crippen molar-refractivity contribution in [2.45, 2.75) is 13.3 Å². The van der Waals surface area contributed by atoms with E-state index >= 15 is 0 Å². The number of halogens is 1. The van der Waals surface area contributed by atoms with E-state index in [1.54, 1.807) is 6.92 Å².